The van der Waals surface area contributed by atoms with E-state index in [0.717, 1.165) is 11.3 Å². The van der Waals surface area contributed by atoms with Crippen LogP contribution in [-0.4, -0.2) is 44.0 Å². The third-order valence-corrected chi connectivity index (χ3v) is 4.53. The predicted molar refractivity (Wildman–Crippen MR) is 127 cm³/mol. The topological polar surface area (TPSA) is 66.0 Å². The first-order valence-electron chi connectivity index (χ1n) is 8.66. The fraction of sp³-hybridized carbons (Fsp3) is 0.300. The SMILES string of the molecule is C=CCOc1ccccc1CN=C(NCC(=O)N(C)C)NCc1cccs1.I. The van der Waals surface area contributed by atoms with Crippen molar-refractivity contribution in [2.75, 3.05) is 27.2 Å². The van der Waals surface area contributed by atoms with Gasteiger partial charge in [0.15, 0.2) is 5.96 Å². The Morgan fingerprint density at radius 2 is 2.04 bits per heavy atom. The number of nitrogens with one attached hydrogen (secondary N) is 2. The summed E-state index contributed by atoms with van der Waals surface area (Å²) in [6, 6.07) is 11.8. The van der Waals surface area contributed by atoms with Crippen LogP contribution in [0.3, 0.4) is 0 Å². The van der Waals surface area contributed by atoms with E-state index in [9.17, 15) is 4.79 Å². The third-order valence-electron chi connectivity index (χ3n) is 3.65. The van der Waals surface area contributed by atoms with E-state index < -0.39 is 0 Å². The highest BCUT2D eigenvalue weighted by atomic mass is 127. The maximum atomic E-state index is 11.9. The molecule has 0 aliphatic heterocycles. The lowest BCUT2D eigenvalue weighted by atomic mass is 10.2. The maximum Gasteiger partial charge on any atom is 0.241 e. The molecule has 0 saturated heterocycles. The van der Waals surface area contributed by atoms with Crippen molar-refractivity contribution in [3.63, 3.8) is 0 Å². The number of hydrogen-bond donors (Lipinski definition) is 2. The second-order valence-electron chi connectivity index (χ2n) is 5.95. The predicted octanol–water partition coefficient (Wildman–Crippen LogP) is 3.25. The number of thiophene rings is 1. The molecule has 1 amide bonds. The van der Waals surface area contributed by atoms with Crippen LogP contribution in [0.25, 0.3) is 0 Å². The van der Waals surface area contributed by atoms with Crippen molar-refractivity contribution >= 4 is 47.2 Å². The molecule has 1 aromatic carbocycles. The Balaban J connectivity index is 0.00000392. The van der Waals surface area contributed by atoms with Gasteiger partial charge in [0.25, 0.3) is 0 Å². The molecule has 2 N–H and O–H groups in total. The Kier molecular flexibility index (Phi) is 11.3. The van der Waals surface area contributed by atoms with Crippen LogP contribution in [0, 0.1) is 0 Å². The van der Waals surface area contributed by atoms with Crippen LogP contribution in [0.1, 0.15) is 10.4 Å². The molecule has 6 nitrogen and oxygen atoms in total. The zero-order valence-corrected chi connectivity index (χ0v) is 19.3. The zero-order chi connectivity index (χ0) is 19.5. The lowest BCUT2D eigenvalue weighted by molar-refractivity contribution is -0.127. The van der Waals surface area contributed by atoms with Crippen molar-refractivity contribution in [3.8, 4) is 5.75 Å². The number of amides is 1. The van der Waals surface area contributed by atoms with Gasteiger partial charge in [0.05, 0.1) is 19.6 Å². The van der Waals surface area contributed by atoms with Crippen molar-refractivity contribution in [3.05, 3.63) is 64.9 Å². The van der Waals surface area contributed by atoms with Gasteiger partial charge in [-0.2, -0.15) is 0 Å². The Morgan fingerprint density at radius 1 is 1.25 bits per heavy atom. The van der Waals surface area contributed by atoms with Gasteiger partial charge in [-0.15, -0.1) is 35.3 Å². The van der Waals surface area contributed by atoms with E-state index in [-0.39, 0.29) is 36.4 Å². The minimum absolute atomic E-state index is 0. The number of aliphatic imine (C=N–C) groups is 1. The largest absolute Gasteiger partial charge is 0.489 e. The van der Waals surface area contributed by atoms with Crippen LogP contribution >= 0.6 is 35.3 Å². The molecule has 0 unspecified atom stereocenters. The molecule has 1 heterocycles. The molecule has 2 aromatic rings. The average Bonchev–Trinajstić information content (AvgIpc) is 3.19. The summed E-state index contributed by atoms with van der Waals surface area (Å²) in [7, 11) is 3.46. The normalized spacial score (nSPS) is 10.6. The van der Waals surface area contributed by atoms with Gasteiger partial charge in [-0.05, 0) is 17.5 Å². The van der Waals surface area contributed by atoms with Gasteiger partial charge in [-0.3, -0.25) is 4.79 Å². The van der Waals surface area contributed by atoms with Gasteiger partial charge in [0, 0.05) is 24.5 Å². The van der Waals surface area contributed by atoms with E-state index >= 15 is 0 Å². The second-order valence-corrected chi connectivity index (χ2v) is 6.98. The second kappa shape index (κ2) is 13.2. The van der Waals surface area contributed by atoms with E-state index in [4.69, 9.17) is 4.74 Å². The summed E-state index contributed by atoms with van der Waals surface area (Å²) in [6.45, 7) is 5.38. The molecular weight excluding hydrogens is 487 g/mol. The molecule has 28 heavy (non-hydrogen) atoms. The third kappa shape index (κ3) is 8.30. The van der Waals surface area contributed by atoms with Crippen molar-refractivity contribution in [1.29, 1.82) is 0 Å². The lowest BCUT2D eigenvalue weighted by Crippen LogP contribution is -2.42. The van der Waals surface area contributed by atoms with Gasteiger partial charge >= 0.3 is 0 Å². The van der Waals surface area contributed by atoms with Gasteiger partial charge < -0.3 is 20.3 Å². The Morgan fingerprint density at radius 3 is 2.71 bits per heavy atom. The monoisotopic (exact) mass is 514 g/mol. The maximum absolute atomic E-state index is 11.9. The lowest BCUT2D eigenvalue weighted by Gasteiger charge is -2.15. The molecule has 0 atom stereocenters. The van der Waals surface area contributed by atoms with Gasteiger partial charge in [-0.25, -0.2) is 4.99 Å². The summed E-state index contributed by atoms with van der Waals surface area (Å²) < 4.78 is 5.68. The zero-order valence-electron chi connectivity index (χ0n) is 16.2. The number of rotatable bonds is 9. The van der Waals surface area contributed by atoms with Crippen molar-refractivity contribution in [2.45, 2.75) is 13.1 Å². The summed E-state index contributed by atoms with van der Waals surface area (Å²) in [4.78, 5) is 19.2. The average molecular weight is 514 g/mol. The van der Waals surface area contributed by atoms with Crippen LogP contribution in [0.4, 0.5) is 0 Å². The number of halogens is 1. The number of para-hydroxylation sites is 1. The molecule has 0 saturated carbocycles. The molecule has 0 aliphatic carbocycles. The fourth-order valence-electron chi connectivity index (χ4n) is 2.16. The van der Waals surface area contributed by atoms with Crippen LogP contribution < -0.4 is 15.4 Å². The van der Waals surface area contributed by atoms with Crippen LogP contribution in [0.15, 0.2) is 59.4 Å². The number of nitrogens with zero attached hydrogens (tertiary/aromatic N) is 2. The van der Waals surface area contributed by atoms with Crippen LogP contribution in [0.5, 0.6) is 5.75 Å². The van der Waals surface area contributed by atoms with Crippen LogP contribution in [-0.2, 0) is 17.9 Å². The van der Waals surface area contributed by atoms with Crippen molar-refractivity contribution in [1.82, 2.24) is 15.5 Å². The highest BCUT2D eigenvalue weighted by Gasteiger charge is 2.07. The van der Waals surface area contributed by atoms with E-state index in [1.54, 1.807) is 36.4 Å². The summed E-state index contributed by atoms with van der Waals surface area (Å²) in [5, 5.41) is 8.39. The van der Waals surface area contributed by atoms with E-state index in [1.165, 1.54) is 4.88 Å². The van der Waals surface area contributed by atoms with E-state index in [0.29, 0.717) is 25.7 Å². The van der Waals surface area contributed by atoms with Gasteiger partial charge in [-0.1, -0.05) is 36.9 Å². The number of ether oxygens (including phenoxy) is 1. The van der Waals surface area contributed by atoms with E-state index in [2.05, 4.69) is 28.3 Å². The molecule has 0 bridgehead atoms. The molecule has 8 heteroatoms. The molecule has 2 rings (SSSR count). The standard InChI is InChI=1S/C20H26N4O2S.HI/c1-4-11-26-18-10-6-5-8-16(18)13-21-20(23-15-19(25)24(2)3)22-14-17-9-7-12-27-17;/h4-10,12H,1,11,13-15H2,2-3H3,(H2,21,22,23);1H. The Labute approximate surface area is 187 Å². The highest BCUT2D eigenvalue weighted by Crippen LogP contribution is 2.18. The van der Waals surface area contributed by atoms with Crippen molar-refractivity contribution < 1.29 is 9.53 Å². The van der Waals surface area contributed by atoms with Gasteiger partial charge in [0.1, 0.15) is 12.4 Å². The first-order chi connectivity index (χ1) is 13.1. The quantitative estimate of drug-likeness (QED) is 0.234. The molecule has 0 radical (unpaired) electrons. The van der Waals surface area contributed by atoms with Gasteiger partial charge in [0.2, 0.25) is 5.91 Å². The summed E-state index contributed by atoms with van der Waals surface area (Å²) in [5.74, 6) is 1.34. The number of hydrogen-bond acceptors (Lipinski definition) is 4. The number of guanidine groups is 1. The Hall–Kier alpha value is -2.07. The summed E-state index contributed by atoms with van der Waals surface area (Å²) >= 11 is 1.67. The minimum atomic E-state index is -0.0182. The fourth-order valence-corrected chi connectivity index (χ4v) is 2.81. The Bertz CT molecular complexity index is 763. The van der Waals surface area contributed by atoms with E-state index in [1.807, 2.05) is 35.7 Å². The van der Waals surface area contributed by atoms with Crippen LogP contribution in [0.2, 0.25) is 0 Å². The number of carbonyl (C=O) groups is 1. The minimum Gasteiger partial charge on any atom is -0.489 e. The molecule has 0 aliphatic rings. The molecule has 0 fully saturated rings. The highest BCUT2D eigenvalue weighted by molar-refractivity contribution is 14.0. The smallest absolute Gasteiger partial charge is 0.241 e. The molecule has 1 aromatic heterocycles. The molecule has 152 valence electrons. The first kappa shape index (κ1) is 24.0. The van der Waals surface area contributed by atoms with Crippen molar-refractivity contribution in [2.24, 2.45) is 4.99 Å². The molecule has 0 spiro atoms. The number of likely N-dealkylation sites (N-methyl/N-ethyl adjacent to an activating group) is 1. The summed E-state index contributed by atoms with van der Waals surface area (Å²) in [6.07, 6.45) is 1.71. The first-order valence-corrected chi connectivity index (χ1v) is 9.54. The number of carbonyl (C=O) groups excluding carboxylic acids is 1. The summed E-state index contributed by atoms with van der Waals surface area (Å²) in [5.41, 5.74) is 0.968. The number of benzene rings is 1. The molecular formula is C20H27IN4O2S.